The molecule has 0 unspecified atom stereocenters. The third-order valence-electron chi connectivity index (χ3n) is 2.47. The molecule has 100 valence electrons. The van der Waals surface area contributed by atoms with E-state index in [-0.39, 0.29) is 17.3 Å². The zero-order valence-corrected chi connectivity index (χ0v) is 12.3. The lowest BCUT2D eigenvalue weighted by atomic mass is 10.2. The van der Waals surface area contributed by atoms with E-state index >= 15 is 0 Å². The highest BCUT2D eigenvalue weighted by Crippen LogP contribution is 2.25. The summed E-state index contributed by atoms with van der Waals surface area (Å²) in [6.45, 7) is 0.0882. The fraction of sp³-hybridized carbons (Fsp3) is 0.167. The molecule has 19 heavy (non-hydrogen) atoms. The van der Waals surface area contributed by atoms with Gasteiger partial charge in [0.25, 0.3) is 0 Å². The summed E-state index contributed by atoms with van der Waals surface area (Å²) in [6.07, 6.45) is 0. The zero-order valence-electron chi connectivity index (χ0n) is 9.93. The van der Waals surface area contributed by atoms with E-state index in [2.05, 4.69) is 21.0 Å². The van der Waals surface area contributed by atoms with Crippen molar-refractivity contribution in [3.63, 3.8) is 0 Å². The Morgan fingerprint density at radius 1 is 1.47 bits per heavy atom. The van der Waals surface area contributed by atoms with Crippen LogP contribution in [0.4, 0.5) is 0 Å². The van der Waals surface area contributed by atoms with Gasteiger partial charge < -0.3 is 9.84 Å². The van der Waals surface area contributed by atoms with Crippen molar-refractivity contribution in [2.24, 2.45) is 0 Å². The molecule has 0 radical (unpaired) electrons. The van der Waals surface area contributed by atoms with Gasteiger partial charge in [-0.1, -0.05) is 27.5 Å². The van der Waals surface area contributed by atoms with Gasteiger partial charge in [0.15, 0.2) is 0 Å². The maximum absolute atomic E-state index is 11.2. The van der Waals surface area contributed by atoms with E-state index in [0.29, 0.717) is 11.4 Å². The molecule has 0 atom stereocenters. The van der Waals surface area contributed by atoms with Crippen molar-refractivity contribution in [2.45, 2.75) is 6.61 Å². The normalized spacial score (nSPS) is 10.7. The van der Waals surface area contributed by atoms with Gasteiger partial charge in [0.05, 0.1) is 12.3 Å². The van der Waals surface area contributed by atoms with Crippen molar-refractivity contribution in [3.8, 4) is 5.69 Å². The van der Waals surface area contributed by atoms with Crippen LogP contribution in [0.1, 0.15) is 16.1 Å². The summed E-state index contributed by atoms with van der Waals surface area (Å²) >= 11 is 9.41. The number of halogens is 2. The monoisotopic (exact) mass is 344 g/mol. The smallest absolute Gasteiger partial charge is 0.340 e. The Labute approximate surface area is 122 Å². The highest BCUT2D eigenvalue weighted by molar-refractivity contribution is 9.10. The number of aromatic carboxylic acids is 1. The maximum Gasteiger partial charge on any atom is 0.340 e. The topological polar surface area (TPSA) is 64.4 Å². The lowest BCUT2D eigenvalue weighted by molar-refractivity contribution is 0.0692. The Morgan fingerprint density at radius 2 is 2.11 bits per heavy atom. The first-order valence-electron chi connectivity index (χ1n) is 5.30. The van der Waals surface area contributed by atoms with Crippen molar-refractivity contribution in [3.05, 3.63) is 45.1 Å². The molecule has 0 spiro atoms. The van der Waals surface area contributed by atoms with Crippen LogP contribution >= 0.6 is 27.5 Å². The average molecular weight is 346 g/mol. The second kappa shape index (κ2) is 5.73. The Kier molecular flexibility index (Phi) is 4.24. The highest BCUT2D eigenvalue weighted by Gasteiger charge is 2.22. The first kappa shape index (κ1) is 14.0. The molecule has 1 N–H and O–H groups in total. The van der Waals surface area contributed by atoms with E-state index < -0.39 is 5.97 Å². The standard InChI is InChI=1S/C12H10BrClN2O3/c1-19-6-9-10(12(17)18)11(14)16(15-9)8-4-2-7(13)3-5-8/h2-5H,6H2,1H3,(H,17,18). The van der Waals surface area contributed by atoms with Gasteiger partial charge in [-0.25, -0.2) is 9.48 Å². The van der Waals surface area contributed by atoms with Gasteiger partial charge in [-0.05, 0) is 24.3 Å². The minimum absolute atomic E-state index is 0.0357. The molecule has 2 rings (SSSR count). The molecule has 0 saturated heterocycles. The molecule has 7 heteroatoms. The molecule has 5 nitrogen and oxygen atoms in total. The minimum atomic E-state index is -1.12. The quantitative estimate of drug-likeness (QED) is 0.924. The summed E-state index contributed by atoms with van der Waals surface area (Å²) in [6, 6.07) is 7.21. The molecular weight excluding hydrogens is 336 g/mol. The van der Waals surface area contributed by atoms with Gasteiger partial charge in [0, 0.05) is 11.6 Å². The average Bonchev–Trinajstić information content (AvgIpc) is 2.68. The number of hydrogen-bond acceptors (Lipinski definition) is 3. The van der Waals surface area contributed by atoms with Crippen LogP contribution in [-0.4, -0.2) is 28.0 Å². The van der Waals surface area contributed by atoms with Gasteiger partial charge in [0.1, 0.15) is 16.4 Å². The number of hydrogen-bond donors (Lipinski definition) is 1. The number of carboxylic acid groups (broad SMARTS) is 1. The van der Waals surface area contributed by atoms with E-state index in [1.54, 1.807) is 12.1 Å². The van der Waals surface area contributed by atoms with Gasteiger partial charge in [-0.2, -0.15) is 5.10 Å². The van der Waals surface area contributed by atoms with Crippen LogP contribution in [0.25, 0.3) is 5.69 Å². The highest BCUT2D eigenvalue weighted by atomic mass is 79.9. The molecule has 0 aliphatic heterocycles. The molecular formula is C12H10BrClN2O3. The largest absolute Gasteiger partial charge is 0.478 e. The molecule has 1 aromatic heterocycles. The number of methoxy groups -OCH3 is 1. The fourth-order valence-electron chi connectivity index (χ4n) is 1.64. The Morgan fingerprint density at radius 3 is 2.63 bits per heavy atom. The van der Waals surface area contributed by atoms with Crippen LogP contribution in [-0.2, 0) is 11.3 Å². The van der Waals surface area contributed by atoms with Crippen LogP contribution < -0.4 is 0 Å². The summed E-state index contributed by atoms with van der Waals surface area (Å²) in [5, 5.41) is 13.4. The predicted octanol–water partition coefficient (Wildman–Crippen LogP) is 3.13. The van der Waals surface area contributed by atoms with Crippen LogP contribution in [0, 0.1) is 0 Å². The second-order valence-corrected chi connectivity index (χ2v) is 5.01. The first-order chi connectivity index (χ1) is 9.04. The molecule has 0 fully saturated rings. The summed E-state index contributed by atoms with van der Waals surface area (Å²) in [5.41, 5.74) is 0.937. The lowest BCUT2D eigenvalue weighted by Crippen LogP contribution is -2.01. The van der Waals surface area contributed by atoms with E-state index in [4.69, 9.17) is 16.3 Å². The predicted molar refractivity (Wildman–Crippen MR) is 73.9 cm³/mol. The molecule has 1 heterocycles. The molecule has 1 aromatic carbocycles. The van der Waals surface area contributed by atoms with E-state index in [9.17, 15) is 9.90 Å². The van der Waals surface area contributed by atoms with E-state index in [1.165, 1.54) is 11.8 Å². The molecule has 0 bridgehead atoms. The van der Waals surface area contributed by atoms with Crippen molar-refractivity contribution in [1.29, 1.82) is 0 Å². The lowest BCUT2D eigenvalue weighted by Gasteiger charge is -2.02. The molecule has 0 aliphatic rings. The summed E-state index contributed by atoms with van der Waals surface area (Å²) < 4.78 is 7.23. The number of nitrogens with zero attached hydrogens (tertiary/aromatic N) is 2. The van der Waals surface area contributed by atoms with Gasteiger partial charge in [0.2, 0.25) is 0 Å². The van der Waals surface area contributed by atoms with Crippen LogP contribution in [0.2, 0.25) is 5.15 Å². The van der Waals surface area contributed by atoms with Crippen LogP contribution in [0.3, 0.4) is 0 Å². The van der Waals surface area contributed by atoms with Gasteiger partial charge >= 0.3 is 5.97 Å². The third-order valence-corrected chi connectivity index (χ3v) is 3.35. The number of carboxylic acids is 1. The van der Waals surface area contributed by atoms with E-state index in [0.717, 1.165) is 4.47 Å². The zero-order chi connectivity index (χ0) is 14.0. The second-order valence-electron chi connectivity index (χ2n) is 3.74. The van der Waals surface area contributed by atoms with Crippen molar-refractivity contribution in [2.75, 3.05) is 7.11 Å². The number of carbonyl (C=O) groups is 1. The van der Waals surface area contributed by atoms with Crippen LogP contribution in [0.5, 0.6) is 0 Å². The number of rotatable bonds is 4. The SMILES string of the molecule is COCc1nn(-c2ccc(Br)cc2)c(Cl)c1C(=O)O. The number of ether oxygens (including phenoxy) is 1. The molecule has 0 saturated carbocycles. The van der Waals surface area contributed by atoms with Gasteiger partial charge in [-0.3, -0.25) is 0 Å². The third kappa shape index (κ3) is 2.80. The molecule has 0 amide bonds. The minimum Gasteiger partial charge on any atom is -0.478 e. The van der Waals surface area contributed by atoms with Crippen molar-refractivity contribution in [1.82, 2.24) is 9.78 Å². The Hall–Kier alpha value is -1.37. The first-order valence-corrected chi connectivity index (χ1v) is 6.47. The number of benzene rings is 1. The fourth-order valence-corrected chi connectivity index (χ4v) is 2.23. The van der Waals surface area contributed by atoms with Crippen LogP contribution in [0.15, 0.2) is 28.7 Å². The Balaban J connectivity index is 2.55. The molecule has 0 aliphatic carbocycles. The number of aromatic nitrogens is 2. The van der Waals surface area contributed by atoms with Crippen molar-refractivity contribution >= 4 is 33.5 Å². The Bertz CT molecular complexity index is 610. The summed E-state index contributed by atoms with van der Waals surface area (Å²) in [4.78, 5) is 11.2. The van der Waals surface area contributed by atoms with E-state index in [1.807, 2.05) is 12.1 Å². The molecule has 2 aromatic rings. The summed E-state index contributed by atoms with van der Waals surface area (Å²) in [5.74, 6) is -1.12. The van der Waals surface area contributed by atoms with Gasteiger partial charge in [-0.15, -0.1) is 0 Å². The van der Waals surface area contributed by atoms with Crippen molar-refractivity contribution < 1.29 is 14.6 Å². The summed E-state index contributed by atoms with van der Waals surface area (Å²) in [7, 11) is 1.47. The maximum atomic E-state index is 11.2.